The molecule has 0 bridgehead atoms. The van der Waals surface area contributed by atoms with E-state index in [2.05, 4.69) is 27.1 Å². The zero-order valence-electron chi connectivity index (χ0n) is 11.5. The van der Waals surface area contributed by atoms with E-state index in [4.69, 9.17) is 0 Å². The molecule has 5 heteroatoms. The molecule has 104 valence electrons. The van der Waals surface area contributed by atoms with Gasteiger partial charge in [0.05, 0.1) is 5.56 Å². The maximum atomic E-state index is 11.9. The van der Waals surface area contributed by atoms with Crippen LogP contribution in [0.15, 0.2) is 18.7 Å². The largest absolute Gasteiger partial charge is 0.352 e. The minimum absolute atomic E-state index is 0.0757. The van der Waals surface area contributed by atoms with Gasteiger partial charge in [0.1, 0.15) is 6.33 Å². The lowest BCUT2D eigenvalue weighted by Gasteiger charge is -2.32. The monoisotopic (exact) mass is 262 g/mol. The molecule has 1 aliphatic heterocycles. The van der Waals surface area contributed by atoms with Crippen molar-refractivity contribution in [3.8, 4) is 0 Å². The molecule has 1 unspecified atom stereocenters. The molecule has 1 aromatic heterocycles. The third-order valence-corrected chi connectivity index (χ3v) is 3.52. The Morgan fingerprint density at radius 3 is 3.00 bits per heavy atom. The van der Waals surface area contributed by atoms with Crippen LogP contribution in [-0.2, 0) is 0 Å². The van der Waals surface area contributed by atoms with Gasteiger partial charge < -0.3 is 10.2 Å². The van der Waals surface area contributed by atoms with Gasteiger partial charge in [0.2, 0.25) is 0 Å². The average molecular weight is 262 g/mol. The molecular weight excluding hydrogens is 240 g/mol. The van der Waals surface area contributed by atoms with E-state index in [-0.39, 0.29) is 5.91 Å². The van der Waals surface area contributed by atoms with Gasteiger partial charge in [0.25, 0.3) is 5.91 Å². The minimum Gasteiger partial charge on any atom is -0.352 e. The summed E-state index contributed by atoms with van der Waals surface area (Å²) in [5.41, 5.74) is 0.531. The highest BCUT2D eigenvalue weighted by Crippen LogP contribution is 2.15. The number of nitrogens with one attached hydrogen (secondary N) is 1. The Morgan fingerprint density at radius 2 is 2.26 bits per heavy atom. The van der Waals surface area contributed by atoms with Crippen LogP contribution in [-0.4, -0.2) is 47.0 Å². The zero-order valence-corrected chi connectivity index (χ0v) is 11.5. The second-order valence-electron chi connectivity index (χ2n) is 5.15. The Bertz CT molecular complexity index is 394. The number of hydrogen-bond donors (Lipinski definition) is 1. The molecule has 2 rings (SSSR count). The Morgan fingerprint density at radius 1 is 1.47 bits per heavy atom. The first kappa shape index (κ1) is 13.9. The smallest absolute Gasteiger partial charge is 0.254 e. The van der Waals surface area contributed by atoms with Gasteiger partial charge in [-0.15, -0.1) is 0 Å². The third-order valence-electron chi connectivity index (χ3n) is 3.52. The first-order chi connectivity index (χ1) is 9.29. The van der Waals surface area contributed by atoms with Crippen molar-refractivity contribution in [3.05, 3.63) is 24.3 Å². The van der Waals surface area contributed by atoms with E-state index in [1.54, 1.807) is 12.4 Å². The number of hydrogen-bond acceptors (Lipinski definition) is 4. The Balaban J connectivity index is 1.77. The van der Waals surface area contributed by atoms with Crippen molar-refractivity contribution in [3.63, 3.8) is 0 Å². The van der Waals surface area contributed by atoms with Crippen molar-refractivity contribution in [1.29, 1.82) is 0 Å². The summed E-state index contributed by atoms with van der Waals surface area (Å²) in [6.45, 7) is 6.41. The summed E-state index contributed by atoms with van der Waals surface area (Å²) < 4.78 is 0. The number of nitrogens with zero attached hydrogens (tertiary/aromatic N) is 3. The Labute approximate surface area is 114 Å². The summed E-state index contributed by atoms with van der Waals surface area (Å²) in [6, 6.07) is 0. The molecule has 1 fully saturated rings. The normalized spacial score (nSPS) is 20.2. The standard InChI is InChI=1S/C14H22N4O/c1-2-5-18-6-3-4-12(10-18)7-17-14(19)13-8-15-11-16-9-13/h8-9,11-12H,2-7,10H2,1H3,(H,17,19). The molecule has 19 heavy (non-hydrogen) atoms. The average Bonchev–Trinajstić information content (AvgIpc) is 2.46. The van der Waals surface area contributed by atoms with Crippen LogP contribution in [0.1, 0.15) is 36.5 Å². The molecule has 5 nitrogen and oxygen atoms in total. The van der Waals surface area contributed by atoms with Crippen molar-refractivity contribution in [2.75, 3.05) is 26.2 Å². The van der Waals surface area contributed by atoms with Crippen LogP contribution >= 0.6 is 0 Å². The summed E-state index contributed by atoms with van der Waals surface area (Å²) in [6.07, 6.45) is 8.15. The van der Waals surface area contributed by atoms with Gasteiger partial charge in [-0.25, -0.2) is 9.97 Å². The van der Waals surface area contributed by atoms with E-state index < -0.39 is 0 Å². The molecule has 0 aromatic carbocycles. The van der Waals surface area contributed by atoms with Gasteiger partial charge >= 0.3 is 0 Å². The maximum Gasteiger partial charge on any atom is 0.254 e. The number of aromatic nitrogens is 2. The van der Waals surface area contributed by atoms with Gasteiger partial charge in [0, 0.05) is 25.5 Å². The van der Waals surface area contributed by atoms with Crippen molar-refractivity contribution < 1.29 is 4.79 Å². The van der Waals surface area contributed by atoms with Crippen LogP contribution in [0.5, 0.6) is 0 Å². The van der Waals surface area contributed by atoms with Crippen LogP contribution in [0.4, 0.5) is 0 Å². The minimum atomic E-state index is -0.0757. The fraction of sp³-hybridized carbons (Fsp3) is 0.643. The summed E-state index contributed by atoms with van der Waals surface area (Å²) in [5, 5.41) is 2.99. The predicted molar refractivity (Wildman–Crippen MR) is 73.8 cm³/mol. The zero-order chi connectivity index (χ0) is 13.5. The van der Waals surface area contributed by atoms with Crippen LogP contribution in [0, 0.1) is 5.92 Å². The molecule has 0 aliphatic carbocycles. The first-order valence-electron chi connectivity index (χ1n) is 7.05. The maximum absolute atomic E-state index is 11.9. The molecule has 1 saturated heterocycles. The van der Waals surface area contributed by atoms with Crippen molar-refractivity contribution in [2.24, 2.45) is 5.92 Å². The Kier molecular flexibility index (Phi) is 5.27. The molecule has 1 aromatic rings. The van der Waals surface area contributed by atoms with E-state index in [0.717, 1.165) is 19.6 Å². The van der Waals surface area contributed by atoms with Crippen molar-refractivity contribution in [2.45, 2.75) is 26.2 Å². The molecule has 1 atom stereocenters. The van der Waals surface area contributed by atoms with Gasteiger partial charge in [-0.2, -0.15) is 0 Å². The molecule has 2 heterocycles. The number of likely N-dealkylation sites (tertiary alicyclic amines) is 1. The predicted octanol–water partition coefficient (Wildman–Crippen LogP) is 1.33. The highest BCUT2D eigenvalue weighted by molar-refractivity contribution is 5.93. The van der Waals surface area contributed by atoms with Gasteiger partial charge in [-0.1, -0.05) is 6.92 Å². The molecule has 0 saturated carbocycles. The summed E-state index contributed by atoms with van der Waals surface area (Å²) in [7, 11) is 0. The number of rotatable bonds is 5. The second kappa shape index (κ2) is 7.19. The van der Waals surface area contributed by atoms with E-state index in [1.165, 1.54) is 32.1 Å². The quantitative estimate of drug-likeness (QED) is 0.869. The SMILES string of the molecule is CCCN1CCCC(CNC(=O)c2cncnc2)C1. The topological polar surface area (TPSA) is 58.1 Å². The number of amides is 1. The van der Waals surface area contributed by atoms with Crippen LogP contribution < -0.4 is 5.32 Å². The molecule has 1 amide bonds. The fourth-order valence-electron chi connectivity index (χ4n) is 2.59. The molecular formula is C14H22N4O. The van der Waals surface area contributed by atoms with Crippen LogP contribution in [0.3, 0.4) is 0 Å². The summed E-state index contributed by atoms with van der Waals surface area (Å²) >= 11 is 0. The molecule has 0 spiro atoms. The Hall–Kier alpha value is -1.49. The molecule has 1 aliphatic rings. The first-order valence-corrected chi connectivity index (χ1v) is 7.05. The van der Waals surface area contributed by atoms with Crippen LogP contribution in [0.25, 0.3) is 0 Å². The highest BCUT2D eigenvalue weighted by atomic mass is 16.1. The van der Waals surface area contributed by atoms with E-state index in [1.807, 2.05) is 0 Å². The fourth-order valence-corrected chi connectivity index (χ4v) is 2.59. The number of piperidine rings is 1. The lowest BCUT2D eigenvalue weighted by molar-refractivity contribution is 0.0931. The molecule has 1 N–H and O–H groups in total. The van der Waals surface area contributed by atoms with E-state index in [0.29, 0.717) is 11.5 Å². The molecule has 0 radical (unpaired) electrons. The van der Waals surface area contributed by atoms with E-state index >= 15 is 0 Å². The van der Waals surface area contributed by atoms with E-state index in [9.17, 15) is 4.79 Å². The van der Waals surface area contributed by atoms with Gasteiger partial charge in [-0.05, 0) is 38.3 Å². The van der Waals surface area contributed by atoms with Crippen LogP contribution in [0.2, 0.25) is 0 Å². The van der Waals surface area contributed by atoms with Crippen molar-refractivity contribution in [1.82, 2.24) is 20.2 Å². The number of carbonyl (C=O) groups excluding carboxylic acids is 1. The number of carbonyl (C=O) groups is 1. The highest BCUT2D eigenvalue weighted by Gasteiger charge is 2.19. The lowest BCUT2D eigenvalue weighted by Crippen LogP contribution is -2.41. The summed E-state index contributed by atoms with van der Waals surface area (Å²) in [5.74, 6) is 0.488. The third kappa shape index (κ3) is 4.28. The summed E-state index contributed by atoms with van der Waals surface area (Å²) in [4.78, 5) is 22.1. The van der Waals surface area contributed by atoms with Gasteiger partial charge in [-0.3, -0.25) is 4.79 Å². The van der Waals surface area contributed by atoms with Crippen molar-refractivity contribution >= 4 is 5.91 Å². The lowest BCUT2D eigenvalue weighted by atomic mass is 9.98. The second-order valence-corrected chi connectivity index (χ2v) is 5.15. The van der Waals surface area contributed by atoms with Gasteiger partial charge in [0.15, 0.2) is 0 Å².